The first-order chi connectivity index (χ1) is 12.3. The topological polar surface area (TPSA) is 46.5 Å². The Labute approximate surface area is 145 Å². The second-order valence-corrected chi connectivity index (χ2v) is 5.92. The molecule has 0 fully saturated rings. The molecule has 0 saturated heterocycles. The van der Waals surface area contributed by atoms with Gasteiger partial charge < -0.3 is 0 Å². The number of rotatable bonds is 2. The van der Waals surface area contributed by atoms with Gasteiger partial charge in [-0.1, -0.05) is 0 Å². The molecule has 4 rings (SSSR count). The molecule has 0 radical (unpaired) electrons. The number of imidazole rings is 1. The van der Waals surface area contributed by atoms with E-state index in [4.69, 9.17) is 0 Å². The standard InChI is InChI=1S/C18H12F4N4/c1-10-6-14(7-12-8-23-25-16(10)12)26-9-15(18(20,21)22)24-17(26)11-2-4-13(19)5-3-11/h2-9H,1H3,(H,23,25). The van der Waals surface area contributed by atoms with Crippen LogP contribution in [-0.4, -0.2) is 19.7 Å². The van der Waals surface area contributed by atoms with Crippen molar-refractivity contribution in [3.63, 3.8) is 0 Å². The van der Waals surface area contributed by atoms with Crippen LogP contribution in [0.25, 0.3) is 28.0 Å². The Kier molecular flexibility index (Phi) is 3.57. The van der Waals surface area contributed by atoms with E-state index in [9.17, 15) is 17.6 Å². The van der Waals surface area contributed by atoms with E-state index in [0.717, 1.165) is 22.7 Å². The molecule has 1 N–H and O–H groups in total. The number of halogens is 4. The Morgan fingerprint density at radius 1 is 1.08 bits per heavy atom. The number of aryl methyl sites for hydroxylation is 1. The summed E-state index contributed by atoms with van der Waals surface area (Å²) in [4.78, 5) is 3.75. The summed E-state index contributed by atoms with van der Waals surface area (Å²) in [5.41, 5.74) is 1.53. The van der Waals surface area contributed by atoms with Gasteiger partial charge in [-0.2, -0.15) is 18.3 Å². The van der Waals surface area contributed by atoms with Gasteiger partial charge in [-0.15, -0.1) is 0 Å². The molecule has 132 valence electrons. The van der Waals surface area contributed by atoms with Crippen molar-refractivity contribution in [1.29, 1.82) is 0 Å². The summed E-state index contributed by atoms with van der Waals surface area (Å²) in [6, 6.07) is 8.64. The molecule has 0 aliphatic rings. The maximum Gasteiger partial charge on any atom is 0.434 e. The van der Waals surface area contributed by atoms with Crippen LogP contribution in [0.4, 0.5) is 17.6 Å². The summed E-state index contributed by atoms with van der Waals surface area (Å²) < 4.78 is 54.2. The quantitative estimate of drug-likeness (QED) is 0.518. The van der Waals surface area contributed by atoms with Gasteiger partial charge in [-0.25, -0.2) is 9.37 Å². The minimum Gasteiger partial charge on any atom is -0.299 e. The average molecular weight is 360 g/mol. The number of hydrogen-bond acceptors (Lipinski definition) is 2. The molecule has 0 atom stereocenters. The number of hydrogen-bond donors (Lipinski definition) is 1. The summed E-state index contributed by atoms with van der Waals surface area (Å²) >= 11 is 0. The Morgan fingerprint density at radius 3 is 2.50 bits per heavy atom. The predicted molar refractivity (Wildman–Crippen MR) is 88.3 cm³/mol. The van der Waals surface area contributed by atoms with Gasteiger partial charge in [0.15, 0.2) is 5.69 Å². The molecule has 8 heteroatoms. The molecular formula is C18H12F4N4. The van der Waals surface area contributed by atoms with Gasteiger partial charge in [0.05, 0.1) is 11.7 Å². The molecule has 2 heterocycles. The molecule has 0 unspecified atom stereocenters. The number of H-pyrrole nitrogens is 1. The molecule has 0 spiro atoms. The van der Waals surface area contributed by atoms with Gasteiger partial charge in [0, 0.05) is 22.8 Å². The fourth-order valence-corrected chi connectivity index (χ4v) is 2.87. The zero-order valence-electron chi connectivity index (χ0n) is 13.5. The highest BCUT2D eigenvalue weighted by atomic mass is 19.4. The first-order valence-corrected chi connectivity index (χ1v) is 7.69. The van der Waals surface area contributed by atoms with Gasteiger partial charge in [0.25, 0.3) is 0 Å². The molecule has 0 saturated carbocycles. The predicted octanol–water partition coefficient (Wildman–Crippen LogP) is 4.88. The Balaban J connectivity index is 1.96. The summed E-state index contributed by atoms with van der Waals surface area (Å²) in [7, 11) is 0. The number of nitrogens with one attached hydrogen (secondary N) is 1. The fraction of sp³-hybridized carbons (Fsp3) is 0.111. The van der Waals surface area contributed by atoms with E-state index in [-0.39, 0.29) is 5.82 Å². The third kappa shape index (κ3) is 2.73. The molecular weight excluding hydrogens is 348 g/mol. The zero-order chi connectivity index (χ0) is 18.5. The average Bonchev–Trinajstić information content (AvgIpc) is 3.22. The lowest BCUT2D eigenvalue weighted by Gasteiger charge is -2.09. The van der Waals surface area contributed by atoms with Crippen LogP contribution in [0.1, 0.15) is 11.3 Å². The van der Waals surface area contributed by atoms with E-state index in [1.165, 1.54) is 28.8 Å². The fourth-order valence-electron chi connectivity index (χ4n) is 2.87. The number of aromatic amines is 1. The maximum absolute atomic E-state index is 13.2. The molecule has 0 amide bonds. The molecule has 0 aliphatic heterocycles. The highest BCUT2D eigenvalue weighted by Crippen LogP contribution is 2.33. The smallest absolute Gasteiger partial charge is 0.299 e. The van der Waals surface area contributed by atoms with E-state index >= 15 is 0 Å². The van der Waals surface area contributed by atoms with Gasteiger partial charge >= 0.3 is 6.18 Å². The van der Waals surface area contributed by atoms with Crippen molar-refractivity contribution >= 4 is 10.9 Å². The van der Waals surface area contributed by atoms with Crippen LogP contribution in [0.15, 0.2) is 48.8 Å². The summed E-state index contributed by atoms with van der Waals surface area (Å²) in [5.74, 6) is -0.391. The van der Waals surface area contributed by atoms with Gasteiger partial charge in [0.1, 0.15) is 11.6 Å². The molecule has 0 aliphatic carbocycles. The number of benzene rings is 2. The number of nitrogens with zero attached hydrogens (tertiary/aromatic N) is 3. The van der Waals surface area contributed by atoms with E-state index < -0.39 is 17.7 Å². The monoisotopic (exact) mass is 360 g/mol. The Morgan fingerprint density at radius 2 is 1.81 bits per heavy atom. The van der Waals surface area contributed by atoms with Gasteiger partial charge in [-0.05, 0) is 48.9 Å². The lowest BCUT2D eigenvalue weighted by atomic mass is 10.1. The Bertz CT molecular complexity index is 1090. The molecule has 4 aromatic rings. The van der Waals surface area contributed by atoms with Gasteiger partial charge in [-0.3, -0.25) is 9.67 Å². The highest BCUT2D eigenvalue weighted by Gasteiger charge is 2.35. The van der Waals surface area contributed by atoms with E-state index in [1.807, 2.05) is 6.92 Å². The van der Waals surface area contributed by atoms with Crippen molar-refractivity contribution in [3.05, 3.63) is 65.9 Å². The maximum atomic E-state index is 13.2. The lowest BCUT2D eigenvalue weighted by molar-refractivity contribution is -0.140. The second kappa shape index (κ2) is 5.69. The minimum atomic E-state index is -4.59. The van der Waals surface area contributed by atoms with Crippen LogP contribution < -0.4 is 0 Å². The minimum absolute atomic E-state index is 0.0829. The van der Waals surface area contributed by atoms with Crippen molar-refractivity contribution in [2.45, 2.75) is 13.1 Å². The first-order valence-electron chi connectivity index (χ1n) is 7.69. The van der Waals surface area contributed by atoms with Crippen molar-refractivity contribution < 1.29 is 17.6 Å². The largest absolute Gasteiger partial charge is 0.434 e. The molecule has 2 aromatic heterocycles. The normalized spacial score (nSPS) is 12.0. The van der Waals surface area contributed by atoms with Crippen molar-refractivity contribution in [1.82, 2.24) is 19.7 Å². The van der Waals surface area contributed by atoms with E-state index in [1.54, 1.807) is 18.3 Å². The third-order valence-corrected chi connectivity index (χ3v) is 4.11. The lowest BCUT2D eigenvalue weighted by Crippen LogP contribution is -2.05. The SMILES string of the molecule is Cc1cc(-n2cc(C(F)(F)F)nc2-c2ccc(F)cc2)cc2cn[nH]c12. The summed E-state index contributed by atoms with van der Waals surface area (Å²) in [5, 5.41) is 7.58. The van der Waals surface area contributed by atoms with Crippen molar-refractivity contribution in [2.75, 3.05) is 0 Å². The highest BCUT2D eigenvalue weighted by molar-refractivity contribution is 5.83. The number of aromatic nitrogens is 4. The van der Waals surface area contributed by atoms with Crippen LogP contribution in [0.2, 0.25) is 0 Å². The van der Waals surface area contributed by atoms with Crippen molar-refractivity contribution in [3.8, 4) is 17.1 Å². The zero-order valence-corrected chi connectivity index (χ0v) is 13.5. The number of alkyl halides is 3. The van der Waals surface area contributed by atoms with Crippen LogP contribution in [-0.2, 0) is 6.18 Å². The Hall–Kier alpha value is -3.16. The third-order valence-electron chi connectivity index (χ3n) is 4.11. The van der Waals surface area contributed by atoms with Crippen LogP contribution in [0.5, 0.6) is 0 Å². The van der Waals surface area contributed by atoms with E-state index in [2.05, 4.69) is 15.2 Å². The van der Waals surface area contributed by atoms with Crippen molar-refractivity contribution in [2.24, 2.45) is 0 Å². The molecule has 0 bridgehead atoms. The van der Waals surface area contributed by atoms with Gasteiger partial charge in [0.2, 0.25) is 0 Å². The van der Waals surface area contributed by atoms with Crippen LogP contribution in [0, 0.1) is 12.7 Å². The van der Waals surface area contributed by atoms with Crippen LogP contribution >= 0.6 is 0 Å². The second-order valence-electron chi connectivity index (χ2n) is 5.92. The number of fused-ring (bicyclic) bond motifs is 1. The summed E-state index contributed by atoms with van der Waals surface area (Å²) in [6.07, 6.45) is -2.04. The first kappa shape index (κ1) is 16.3. The van der Waals surface area contributed by atoms with E-state index in [0.29, 0.717) is 11.3 Å². The molecule has 4 nitrogen and oxygen atoms in total. The van der Waals surface area contributed by atoms with Crippen LogP contribution in [0.3, 0.4) is 0 Å². The molecule has 26 heavy (non-hydrogen) atoms. The molecule has 2 aromatic carbocycles. The summed E-state index contributed by atoms with van der Waals surface area (Å²) in [6.45, 7) is 1.84.